The van der Waals surface area contributed by atoms with Crippen molar-refractivity contribution in [1.29, 1.82) is 0 Å². The van der Waals surface area contributed by atoms with Crippen LogP contribution in [0.2, 0.25) is 0 Å². The summed E-state index contributed by atoms with van der Waals surface area (Å²) in [5.74, 6) is -1.56. The highest BCUT2D eigenvalue weighted by molar-refractivity contribution is 8.00. The van der Waals surface area contributed by atoms with Gasteiger partial charge >= 0.3 is 6.18 Å². The zero-order chi connectivity index (χ0) is 15.5. The number of Topliss-reactive ketones (excluding diaryl/α,β-unsaturated/α-hetero) is 1. The minimum absolute atomic E-state index is 0.211. The molecule has 2 nitrogen and oxygen atoms in total. The van der Waals surface area contributed by atoms with Gasteiger partial charge in [0.2, 0.25) is 0 Å². The molecule has 0 N–H and O–H groups in total. The van der Waals surface area contributed by atoms with E-state index in [-0.39, 0.29) is 10.6 Å². The zero-order valence-corrected chi connectivity index (χ0v) is 11.3. The predicted octanol–water partition coefficient (Wildman–Crippen LogP) is 4.21. The van der Waals surface area contributed by atoms with Crippen LogP contribution in [0.15, 0.2) is 47.6 Å². The Labute approximate surface area is 122 Å². The zero-order valence-electron chi connectivity index (χ0n) is 10.5. The molecule has 0 spiro atoms. The van der Waals surface area contributed by atoms with Crippen molar-refractivity contribution in [3.05, 3.63) is 59.7 Å². The molecule has 0 atom stereocenters. The summed E-state index contributed by atoms with van der Waals surface area (Å²) in [5, 5.41) is 0. The lowest BCUT2D eigenvalue weighted by molar-refractivity contribution is -0.138. The van der Waals surface area contributed by atoms with Crippen LogP contribution in [0.4, 0.5) is 17.6 Å². The van der Waals surface area contributed by atoms with Crippen LogP contribution < -0.4 is 0 Å². The van der Waals surface area contributed by atoms with Gasteiger partial charge < -0.3 is 0 Å². The van der Waals surface area contributed by atoms with E-state index in [1.54, 1.807) is 6.07 Å². The van der Waals surface area contributed by atoms with Crippen molar-refractivity contribution in [1.82, 2.24) is 4.98 Å². The molecule has 0 saturated carbocycles. The number of carbonyl (C=O) groups excluding carboxylic acids is 1. The van der Waals surface area contributed by atoms with Crippen LogP contribution in [0.25, 0.3) is 0 Å². The van der Waals surface area contributed by atoms with Crippen LogP contribution in [0.5, 0.6) is 0 Å². The summed E-state index contributed by atoms with van der Waals surface area (Å²) in [6, 6.07) is 6.51. The summed E-state index contributed by atoms with van der Waals surface area (Å²) in [6.45, 7) is 0. The summed E-state index contributed by atoms with van der Waals surface area (Å²) in [7, 11) is 0. The third-order valence-electron chi connectivity index (χ3n) is 2.62. The van der Waals surface area contributed by atoms with Gasteiger partial charge in [-0.3, -0.25) is 9.78 Å². The fraction of sp³-hybridized carbons (Fsp3) is 0.143. The Balaban J connectivity index is 2.17. The second-order valence-corrected chi connectivity index (χ2v) is 5.08. The van der Waals surface area contributed by atoms with Gasteiger partial charge in [0.25, 0.3) is 0 Å². The highest BCUT2D eigenvalue weighted by atomic mass is 32.2. The number of carbonyl (C=O) groups is 1. The third-order valence-corrected chi connectivity index (χ3v) is 3.67. The third kappa shape index (κ3) is 3.81. The van der Waals surface area contributed by atoms with E-state index < -0.39 is 28.9 Å². The Hall–Kier alpha value is -1.89. The fourth-order valence-electron chi connectivity index (χ4n) is 1.65. The normalized spacial score (nSPS) is 11.4. The molecule has 21 heavy (non-hydrogen) atoms. The van der Waals surface area contributed by atoms with Gasteiger partial charge in [-0.05, 0) is 18.2 Å². The van der Waals surface area contributed by atoms with Gasteiger partial charge in [0.15, 0.2) is 5.78 Å². The average Bonchev–Trinajstić information content (AvgIpc) is 2.45. The highest BCUT2D eigenvalue weighted by Gasteiger charge is 2.35. The predicted molar refractivity (Wildman–Crippen MR) is 70.7 cm³/mol. The highest BCUT2D eigenvalue weighted by Crippen LogP contribution is 2.32. The molecule has 0 bridgehead atoms. The SMILES string of the molecule is O=C(CSc1ccccc1F)c1cnccc1C(F)(F)F. The van der Waals surface area contributed by atoms with E-state index in [1.165, 1.54) is 18.2 Å². The number of thioether (sulfide) groups is 1. The second kappa shape index (κ2) is 6.26. The molecule has 1 heterocycles. The number of rotatable bonds is 4. The number of benzene rings is 1. The number of hydrogen-bond donors (Lipinski definition) is 0. The quantitative estimate of drug-likeness (QED) is 0.481. The van der Waals surface area contributed by atoms with Crippen molar-refractivity contribution in [2.45, 2.75) is 11.1 Å². The fourth-order valence-corrected chi connectivity index (χ4v) is 2.47. The summed E-state index contributed by atoms with van der Waals surface area (Å²) in [4.78, 5) is 15.7. The number of alkyl halides is 3. The Morgan fingerprint density at radius 1 is 1.19 bits per heavy atom. The van der Waals surface area contributed by atoms with Crippen molar-refractivity contribution in [2.24, 2.45) is 0 Å². The van der Waals surface area contributed by atoms with Gasteiger partial charge in [-0.25, -0.2) is 4.39 Å². The number of halogens is 4. The minimum Gasteiger partial charge on any atom is -0.293 e. The van der Waals surface area contributed by atoms with Crippen LogP contribution in [0, 0.1) is 5.82 Å². The van der Waals surface area contributed by atoms with Crippen LogP contribution in [0.1, 0.15) is 15.9 Å². The van der Waals surface area contributed by atoms with E-state index in [9.17, 15) is 22.4 Å². The molecule has 0 aliphatic carbocycles. The number of ketones is 1. The Bertz CT molecular complexity index is 657. The number of hydrogen-bond acceptors (Lipinski definition) is 3. The second-order valence-electron chi connectivity index (χ2n) is 4.06. The van der Waals surface area contributed by atoms with Gasteiger partial charge in [-0.2, -0.15) is 13.2 Å². The first-order chi connectivity index (χ1) is 9.89. The molecular formula is C14H9F4NOS. The molecule has 1 aromatic carbocycles. The van der Waals surface area contributed by atoms with Crippen LogP contribution >= 0.6 is 11.8 Å². The molecular weight excluding hydrogens is 306 g/mol. The van der Waals surface area contributed by atoms with E-state index in [2.05, 4.69) is 4.98 Å². The minimum atomic E-state index is -4.63. The number of aromatic nitrogens is 1. The molecule has 0 aliphatic rings. The lowest BCUT2D eigenvalue weighted by atomic mass is 10.1. The molecule has 0 unspecified atom stereocenters. The summed E-state index contributed by atoms with van der Waals surface area (Å²) >= 11 is 0.850. The van der Waals surface area contributed by atoms with E-state index in [1.807, 2.05) is 0 Å². The largest absolute Gasteiger partial charge is 0.417 e. The Morgan fingerprint density at radius 2 is 1.90 bits per heavy atom. The van der Waals surface area contributed by atoms with Gasteiger partial charge in [-0.1, -0.05) is 12.1 Å². The lowest BCUT2D eigenvalue weighted by Crippen LogP contribution is -2.14. The van der Waals surface area contributed by atoms with Crippen molar-refractivity contribution in [3.63, 3.8) is 0 Å². The first kappa shape index (κ1) is 15.5. The topological polar surface area (TPSA) is 30.0 Å². The van der Waals surface area contributed by atoms with Gasteiger partial charge in [0, 0.05) is 22.9 Å². The summed E-state index contributed by atoms with van der Waals surface area (Å²) in [6.07, 6.45) is -2.77. The standard InChI is InChI=1S/C14H9F4NOS/c15-11-3-1-2-4-13(11)21-8-12(20)9-7-19-6-5-10(9)14(16,17)18/h1-7H,8H2. The lowest BCUT2D eigenvalue weighted by Gasteiger charge is -2.11. The van der Waals surface area contributed by atoms with Crippen LogP contribution in [-0.2, 0) is 6.18 Å². The molecule has 0 aliphatic heterocycles. The Kier molecular flexibility index (Phi) is 4.62. The maximum Gasteiger partial charge on any atom is 0.417 e. The average molecular weight is 315 g/mol. The summed E-state index contributed by atoms with van der Waals surface area (Å²) < 4.78 is 51.8. The van der Waals surface area contributed by atoms with Gasteiger partial charge in [0.1, 0.15) is 5.82 Å². The molecule has 0 radical (unpaired) electrons. The molecule has 0 fully saturated rings. The van der Waals surface area contributed by atoms with Crippen molar-refractivity contribution >= 4 is 17.5 Å². The smallest absolute Gasteiger partial charge is 0.293 e. The first-order valence-electron chi connectivity index (χ1n) is 5.81. The molecule has 2 aromatic rings. The first-order valence-corrected chi connectivity index (χ1v) is 6.80. The van der Waals surface area contributed by atoms with Crippen LogP contribution in [0.3, 0.4) is 0 Å². The van der Waals surface area contributed by atoms with Crippen LogP contribution in [-0.4, -0.2) is 16.5 Å². The molecule has 0 amide bonds. The van der Waals surface area contributed by atoms with Crippen molar-refractivity contribution < 1.29 is 22.4 Å². The number of pyridine rings is 1. The maximum atomic E-state index is 13.4. The van der Waals surface area contributed by atoms with Gasteiger partial charge in [0.05, 0.1) is 11.3 Å². The van der Waals surface area contributed by atoms with E-state index in [4.69, 9.17) is 0 Å². The molecule has 110 valence electrons. The van der Waals surface area contributed by atoms with E-state index in [0.717, 1.165) is 30.2 Å². The Morgan fingerprint density at radius 3 is 2.57 bits per heavy atom. The van der Waals surface area contributed by atoms with Gasteiger partial charge in [-0.15, -0.1) is 11.8 Å². The molecule has 1 aromatic heterocycles. The van der Waals surface area contributed by atoms with Crippen molar-refractivity contribution in [2.75, 3.05) is 5.75 Å². The van der Waals surface area contributed by atoms with Crippen molar-refractivity contribution in [3.8, 4) is 0 Å². The molecule has 0 saturated heterocycles. The van der Waals surface area contributed by atoms with E-state index in [0.29, 0.717) is 0 Å². The van der Waals surface area contributed by atoms with E-state index >= 15 is 0 Å². The molecule has 7 heteroatoms. The molecule has 2 rings (SSSR count). The summed E-state index contributed by atoms with van der Waals surface area (Å²) in [5.41, 5.74) is -1.54. The maximum absolute atomic E-state index is 13.4. The monoisotopic (exact) mass is 315 g/mol. The number of nitrogens with zero attached hydrogens (tertiary/aromatic N) is 1.